The number of benzene rings is 1. The number of allylic oxidation sites excluding steroid dienone is 1. The molecule has 18 nitrogen and oxygen atoms in total. The first-order valence-corrected chi connectivity index (χ1v) is 26.3. The molecule has 3 aliphatic heterocycles. The summed E-state index contributed by atoms with van der Waals surface area (Å²) in [7, 11) is 4.61. The van der Waals surface area contributed by atoms with Gasteiger partial charge in [0, 0.05) is 45.7 Å². The van der Waals surface area contributed by atoms with E-state index in [2.05, 4.69) is 6.92 Å². The van der Waals surface area contributed by atoms with Crippen molar-refractivity contribution in [3.8, 4) is 0 Å². The zero-order valence-electron chi connectivity index (χ0n) is 44.7. The fraction of sp³-hybridized carbons (Fsp3) is 0.782. The molecule has 18 heteroatoms. The molecule has 6 fully saturated rings. The van der Waals surface area contributed by atoms with Crippen molar-refractivity contribution in [1.82, 2.24) is 0 Å². The molecule has 0 radical (unpaired) electrons. The van der Waals surface area contributed by atoms with Crippen LogP contribution in [0.5, 0.6) is 0 Å². The smallest absolute Gasteiger partial charge is 0.338 e. The zero-order valence-corrected chi connectivity index (χ0v) is 44.7. The Labute approximate surface area is 429 Å². The SMILES string of the molecule is CC=C(C)C(=O)OC1CC2C3(C)CCC(OC4(C)CC(OC)C(OC5CC(OC)C(OC6OC(C)C(O)C(OC)C6O)C(C)O5)C(C)O4)CC3=CCC2(O)C2(O)CCC(O)(C(C)OC(=O)c3ccccc3)C12C. The molecule has 22 atom stereocenters. The second-order valence-electron chi connectivity index (χ2n) is 22.6. The minimum absolute atomic E-state index is 0.0239. The predicted molar refractivity (Wildman–Crippen MR) is 261 cm³/mol. The van der Waals surface area contributed by atoms with Crippen LogP contribution in [0, 0.1) is 16.7 Å². The van der Waals surface area contributed by atoms with E-state index in [9.17, 15) is 35.1 Å². The molecular formula is C55H82O18. The van der Waals surface area contributed by atoms with E-state index < -0.39 is 137 Å². The molecule has 3 heterocycles. The van der Waals surface area contributed by atoms with E-state index >= 15 is 0 Å². The van der Waals surface area contributed by atoms with Crippen LogP contribution in [0.15, 0.2) is 53.6 Å². The monoisotopic (exact) mass is 1030 g/mol. The van der Waals surface area contributed by atoms with Gasteiger partial charge in [-0.3, -0.25) is 0 Å². The molecule has 22 unspecified atom stereocenters. The van der Waals surface area contributed by atoms with Crippen LogP contribution in [0.3, 0.4) is 0 Å². The van der Waals surface area contributed by atoms with E-state index in [0.29, 0.717) is 43.2 Å². The maximum absolute atomic E-state index is 13.7. The summed E-state index contributed by atoms with van der Waals surface area (Å²) in [5, 5.41) is 60.9. The van der Waals surface area contributed by atoms with Gasteiger partial charge in [-0.2, -0.15) is 0 Å². The van der Waals surface area contributed by atoms with E-state index in [-0.39, 0.29) is 31.8 Å². The lowest BCUT2D eigenvalue weighted by Gasteiger charge is -2.67. The van der Waals surface area contributed by atoms with E-state index in [1.165, 1.54) is 7.11 Å². The average molecular weight is 1030 g/mol. The molecule has 410 valence electrons. The molecule has 73 heavy (non-hydrogen) atoms. The summed E-state index contributed by atoms with van der Waals surface area (Å²) < 4.78 is 68.4. The highest BCUT2D eigenvalue weighted by Gasteiger charge is 2.81. The normalized spacial score (nSPS) is 47.3. The van der Waals surface area contributed by atoms with Crippen LogP contribution in [0.2, 0.25) is 0 Å². The first-order chi connectivity index (χ1) is 34.4. The van der Waals surface area contributed by atoms with Crippen LogP contribution in [-0.4, -0.2) is 173 Å². The Morgan fingerprint density at radius 3 is 2.16 bits per heavy atom. The van der Waals surface area contributed by atoms with Gasteiger partial charge in [0.2, 0.25) is 0 Å². The molecule has 8 rings (SSSR count). The van der Waals surface area contributed by atoms with E-state index in [1.54, 1.807) is 85.2 Å². The highest BCUT2D eigenvalue weighted by molar-refractivity contribution is 5.89. The van der Waals surface area contributed by atoms with Crippen LogP contribution in [0.25, 0.3) is 0 Å². The van der Waals surface area contributed by atoms with Crippen LogP contribution < -0.4 is 0 Å². The highest BCUT2D eigenvalue weighted by atomic mass is 16.8. The molecule has 7 aliphatic rings. The Kier molecular flexibility index (Phi) is 16.3. The minimum Gasteiger partial charge on any atom is -0.458 e. The van der Waals surface area contributed by atoms with Crippen molar-refractivity contribution in [2.75, 3.05) is 21.3 Å². The zero-order chi connectivity index (χ0) is 53.2. The minimum atomic E-state index is -1.97. The van der Waals surface area contributed by atoms with Crippen molar-refractivity contribution in [3.05, 3.63) is 59.2 Å². The molecule has 0 bridgehead atoms. The third-order valence-electron chi connectivity index (χ3n) is 18.7. The van der Waals surface area contributed by atoms with Gasteiger partial charge in [-0.25, -0.2) is 9.59 Å². The van der Waals surface area contributed by atoms with Crippen LogP contribution in [0.1, 0.15) is 130 Å². The third kappa shape index (κ3) is 9.59. The number of carbonyl (C=O) groups excluding carboxylic acids is 2. The number of ether oxygens (including phenoxy) is 11. The molecule has 5 N–H and O–H groups in total. The van der Waals surface area contributed by atoms with Crippen LogP contribution in [0.4, 0.5) is 0 Å². The summed E-state index contributed by atoms with van der Waals surface area (Å²) in [5.41, 5.74) is -6.25. The number of esters is 2. The Hall–Kier alpha value is -2.92. The number of methoxy groups -OCH3 is 3. The lowest BCUT2D eigenvalue weighted by atomic mass is 9.42. The summed E-state index contributed by atoms with van der Waals surface area (Å²) >= 11 is 0. The second kappa shape index (κ2) is 21.1. The molecule has 4 aliphatic carbocycles. The fourth-order valence-electron chi connectivity index (χ4n) is 14.2. The second-order valence-corrected chi connectivity index (χ2v) is 22.6. The highest BCUT2D eigenvalue weighted by Crippen LogP contribution is 2.71. The van der Waals surface area contributed by atoms with Gasteiger partial charge in [0.15, 0.2) is 18.4 Å². The molecule has 0 spiro atoms. The van der Waals surface area contributed by atoms with E-state index in [4.69, 9.17) is 52.1 Å². The number of hydrogen-bond donors (Lipinski definition) is 5. The largest absolute Gasteiger partial charge is 0.458 e. The summed E-state index contributed by atoms with van der Waals surface area (Å²) in [6.07, 6.45) is -5.25. The Morgan fingerprint density at radius 1 is 0.822 bits per heavy atom. The molecular weight excluding hydrogens is 949 g/mol. The summed E-state index contributed by atoms with van der Waals surface area (Å²) in [4.78, 5) is 27.1. The maximum atomic E-state index is 13.7. The maximum Gasteiger partial charge on any atom is 0.338 e. The first kappa shape index (κ1) is 56.3. The average Bonchev–Trinajstić information content (AvgIpc) is 3.59. The van der Waals surface area contributed by atoms with Gasteiger partial charge in [-0.05, 0) is 111 Å². The summed E-state index contributed by atoms with van der Waals surface area (Å²) in [6, 6.07) is 8.46. The van der Waals surface area contributed by atoms with Crippen molar-refractivity contribution in [3.63, 3.8) is 0 Å². The molecule has 3 saturated heterocycles. The molecule has 0 aromatic heterocycles. The Balaban J connectivity index is 0.956. The number of fused-ring (bicyclic) bond motifs is 5. The fourth-order valence-corrected chi connectivity index (χ4v) is 14.2. The Bertz CT molecular complexity index is 2190. The molecule has 1 aromatic rings. The number of carbonyl (C=O) groups is 2. The Morgan fingerprint density at radius 2 is 1.51 bits per heavy atom. The van der Waals surface area contributed by atoms with Crippen molar-refractivity contribution < 1.29 is 87.2 Å². The van der Waals surface area contributed by atoms with Crippen molar-refractivity contribution in [1.29, 1.82) is 0 Å². The quantitative estimate of drug-likeness (QED) is 0.0940. The first-order valence-electron chi connectivity index (χ1n) is 26.3. The molecule has 1 aromatic carbocycles. The van der Waals surface area contributed by atoms with Gasteiger partial charge in [-0.1, -0.05) is 49.8 Å². The number of rotatable bonds is 14. The third-order valence-corrected chi connectivity index (χ3v) is 18.7. The number of hydrogen-bond acceptors (Lipinski definition) is 18. The lowest BCUT2D eigenvalue weighted by Crippen LogP contribution is -2.78. The van der Waals surface area contributed by atoms with Crippen molar-refractivity contribution in [2.45, 2.75) is 235 Å². The van der Waals surface area contributed by atoms with Gasteiger partial charge >= 0.3 is 11.9 Å². The number of aliphatic hydroxyl groups is 5. The van der Waals surface area contributed by atoms with Gasteiger partial charge in [0.25, 0.3) is 0 Å². The van der Waals surface area contributed by atoms with Crippen LogP contribution >= 0.6 is 0 Å². The van der Waals surface area contributed by atoms with Gasteiger partial charge in [0.1, 0.15) is 59.5 Å². The standard InChI is InChI=1S/C55H82O18/c1-13-29(2)47(58)69-40-27-39-50(7)21-20-36(25-35(50)19-22-54(39,61)55(62)24-23-53(60,52(40,55)9)33(6)68-48(59)34-17-15-14-16-18-34)73-51(8)28-38(64-11)45(32(5)72-51)70-41-26-37(63-10)44(31(4)66-41)71-49-43(57)46(65-12)42(56)30(3)67-49/h13-19,30-33,36-46,49,56-57,60-62H,20-28H2,1-12H3. The van der Waals surface area contributed by atoms with Crippen molar-refractivity contribution in [2.24, 2.45) is 16.7 Å². The summed E-state index contributed by atoms with van der Waals surface area (Å²) in [6.45, 7) is 16.1. The molecule has 3 saturated carbocycles. The van der Waals surface area contributed by atoms with E-state index in [0.717, 1.165) is 5.57 Å². The number of aliphatic hydroxyl groups excluding tert-OH is 2. The van der Waals surface area contributed by atoms with Gasteiger partial charge < -0.3 is 77.6 Å². The van der Waals surface area contributed by atoms with Gasteiger partial charge in [0.05, 0.1) is 47.6 Å². The lowest BCUT2D eigenvalue weighted by molar-refractivity contribution is -0.364. The topological polar surface area (TPSA) is 237 Å². The van der Waals surface area contributed by atoms with Crippen molar-refractivity contribution >= 4 is 11.9 Å². The summed E-state index contributed by atoms with van der Waals surface area (Å²) in [5.74, 6) is -2.91. The van der Waals surface area contributed by atoms with E-state index in [1.807, 2.05) is 26.8 Å². The molecule has 0 amide bonds. The predicted octanol–water partition coefficient (Wildman–Crippen LogP) is 4.97. The van der Waals surface area contributed by atoms with Crippen LogP contribution in [-0.2, 0) is 56.9 Å². The van der Waals surface area contributed by atoms with Gasteiger partial charge in [-0.15, -0.1) is 0 Å².